The minimum absolute atomic E-state index is 0.115. The van der Waals surface area contributed by atoms with E-state index in [-0.39, 0.29) is 5.41 Å². The summed E-state index contributed by atoms with van der Waals surface area (Å²) in [7, 11) is 0. The van der Waals surface area contributed by atoms with Gasteiger partial charge in [-0.2, -0.15) is 0 Å². The summed E-state index contributed by atoms with van der Waals surface area (Å²) in [6.45, 7) is 6.82. The van der Waals surface area contributed by atoms with Crippen molar-refractivity contribution < 1.29 is 0 Å². The number of hydrogen-bond donors (Lipinski definition) is 0. The van der Waals surface area contributed by atoms with Crippen LogP contribution in [0, 0.1) is 0 Å². The van der Waals surface area contributed by atoms with E-state index in [9.17, 15) is 0 Å². The van der Waals surface area contributed by atoms with Gasteiger partial charge >= 0.3 is 0 Å². The summed E-state index contributed by atoms with van der Waals surface area (Å²) < 4.78 is 0. The average molecular weight is 776 g/mol. The van der Waals surface area contributed by atoms with Crippen molar-refractivity contribution in [2.24, 2.45) is 0 Å². The lowest BCUT2D eigenvalue weighted by Gasteiger charge is -2.36. The Morgan fingerprint density at radius 3 is 1.75 bits per heavy atom. The molecule has 0 amide bonds. The van der Waals surface area contributed by atoms with Gasteiger partial charge in [0.25, 0.3) is 0 Å². The van der Waals surface area contributed by atoms with Crippen molar-refractivity contribution in [1.82, 2.24) is 0 Å². The topological polar surface area (TPSA) is 3.24 Å². The summed E-state index contributed by atoms with van der Waals surface area (Å²) in [6.07, 6.45) is 7.16. The first-order chi connectivity index (χ1) is 28.9. The highest BCUT2D eigenvalue weighted by atomic mass is 32.1. The molecule has 11 rings (SSSR count). The summed E-state index contributed by atoms with van der Waals surface area (Å²) in [4.78, 5) is 5.22. The van der Waals surface area contributed by atoms with Crippen molar-refractivity contribution in [3.63, 3.8) is 0 Å². The maximum Gasteiger partial charge on any atom is 0.0757 e. The number of benzene rings is 7. The number of fused-ring (bicyclic) bond motifs is 10. The highest BCUT2D eigenvalue weighted by molar-refractivity contribution is 7.20. The lowest BCUT2D eigenvalue weighted by molar-refractivity contribution is 0.590. The average Bonchev–Trinajstić information content (AvgIpc) is 3.92. The van der Waals surface area contributed by atoms with Gasteiger partial charge in [0.1, 0.15) is 0 Å². The first kappa shape index (κ1) is 35.7. The first-order valence-electron chi connectivity index (χ1n) is 20.9. The Hall–Kier alpha value is -6.48. The van der Waals surface area contributed by atoms with Gasteiger partial charge in [0.15, 0.2) is 0 Å². The Morgan fingerprint density at radius 2 is 1.05 bits per heavy atom. The summed E-state index contributed by atoms with van der Waals surface area (Å²) in [5.41, 5.74) is 20.4. The van der Waals surface area contributed by atoms with Crippen molar-refractivity contribution in [2.75, 3.05) is 4.90 Å². The van der Waals surface area contributed by atoms with Crippen molar-refractivity contribution in [2.45, 2.75) is 44.4 Å². The van der Waals surface area contributed by atoms with Crippen LogP contribution in [0.25, 0.3) is 48.7 Å². The van der Waals surface area contributed by atoms with Crippen LogP contribution < -0.4 is 4.90 Å². The van der Waals surface area contributed by atoms with Gasteiger partial charge in [-0.15, -0.1) is 11.3 Å². The van der Waals surface area contributed by atoms with Gasteiger partial charge in [0, 0.05) is 32.3 Å². The minimum Gasteiger partial charge on any atom is -0.310 e. The fourth-order valence-corrected chi connectivity index (χ4v) is 11.5. The van der Waals surface area contributed by atoms with E-state index in [2.05, 4.69) is 220 Å². The zero-order valence-electron chi connectivity index (χ0n) is 33.7. The Kier molecular flexibility index (Phi) is 8.36. The predicted octanol–water partition coefficient (Wildman–Crippen LogP) is 15.9. The summed E-state index contributed by atoms with van der Waals surface area (Å²) in [5.74, 6) is 0. The molecule has 0 saturated heterocycles. The summed E-state index contributed by atoms with van der Waals surface area (Å²) >= 11 is 1.96. The number of anilines is 3. The first-order valence-corrected chi connectivity index (χ1v) is 21.7. The van der Waals surface area contributed by atoms with Gasteiger partial charge in [0.05, 0.1) is 11.1 Å². The molecule has 1 atom stereocenters. The zero-order valence-corrected chi connectivity index (χ0v) is 34.6. The van der Waals surface area contributed by atoms with Gasteiger partial charge in [0.2, 0.25) is 0 Å². The maximum absolute atomic E-state index is 2.58. The van der Waals surface area contributed by atoms with Crippen LogP contribution in [0.4, 0.5) is 17.1 Å². The number of rotatable bonds is 6. The maximum atomic E-state index is 2.58. The van der Waals surface area contributed by atoms with Crippen LogP contribution in [-0.2, 0) is 10.8 Å². The van der Waals surface area contributed by atoms with E-state index in [1.165, 1.54) is 87.8 Å². The van der Waals surface area contributed by atoms with Crippen molar-refractivity contribution in [1.29, 1.82) is 0 Å². The molecule has 59 heavy (non-hydrogen) atoms. The zero-order chi connectivity index (χ0) is 39.7. The van der Waals surface area contributed by atoms with Crippen molar-refractivity contribution >= 4 is 34.0 Å². The summed E-state index contributed by atoms with van der Waals surface area (Å²) in [6, 6.07) is 67.8. The molecule has 0 saturated carbocycles. The van der Waals surface area contributed by atoms with Crippen LogP contribution in [0.15, 0.2) is 200 Å². The number of thiophene rings is 1. The number of allylic oxidation sites excluding steroid dienone is 4. The Morgan fingerprint density at radius 1 is 0.475 bits per heavy atom. The van der Waals surface area contributed by atoms with Gasteiger partial charge in [-0.1, -0.05) is 185 Å². The molecule has 0 bridgehead atoms. The molecule has 8 aromatic rings. The molecule has 284 valence electrons. The molecule has 1 nitrogen and oxygen atoms in total. The minimum atomic E-state index is -0.527. The largest absolute Gasteiger partial charge is 0.310 e. The van der Waals surface area contributed by atoms with E-state index in [4.69, 9.17) is 0 Å². The molecule has 3 aliphatic carbocycles. The van der Waals surface area contributed by atoms with Crippen LogP contribution in [0.3, 0.4) is 0 Å². The third-order valence-electron chi connectivity index (χ3n) is 12.7. The molecule has 0 fully saturated rings. The second kappa shape index (κ2) is 13.8. The monoisotopic (exact) mass is 775 g/mol. The molecule has 1 unspecified atom stereocenters. The number of nitrogens with zero attached hydrogens (tertiary/aromatic N) is 1. The standard InChI is InChI=1S/C57H45NS/c1-56(2,3)42-34-30-38(31-35-42)39-32-36-44(37-33-39)58(43-22-11-6-12-23-43)50-29-17-26-46-45-24-13-15-27-48(45)57(52(46)50)49-28-16-14-25-47(49)55-53(57)51(40-18-7-4-8-19-40)54(59-55)41-20-9-5-10-21-41/h4-12,14,16-37H,13,15H2,1-3H3. The van der Waals surface area contributed by atoms with Gasteiger partial charge in [-0.25, -0.2) is 0 Å². The lowest BCUT2D eigenvalue weighted by atomic mass is 9.67. The second-order valence-corrected chi connectivity index (χ2v) is 18.1. The molecule has 0 N–H and O–H groups in total. The second-order valence-electron chi connectivity index (χ2n) is 17.1. The van der Waals surface area contributed by atoms with Gasteiger partial charge < -0.3 is 4.90 Å². The van der Waals surface area contributed by atoms with Crippen molar-refractivity contribution in [3.8, 4) is 43.1 Å². The quantitative estimate of drug-likeness (QED) is 0.163. The van der Waals surface area contributed by atoms with E-state index in [0.717, 1.165) is 24.2 Å². The third kappa shape index (κ3) is 5.50. The van der Waals surface area contributed by atoms with Gasteiger partial charge in [-0.3, -0.25) is 0 Å². The van der Waals surface area contributed by atoms with E-state index in [0.29, 0.717) is 0 Å². The third-order valence-corrected chi connectivity index (χ3v) is 14.0. The molecule has 1 heterocycles. The summed E-state index contributed by atoms with van der Waals surface area (Å²) in [5, 5.41) is 0. The fourth-order valence-electron chi connectivity index (χ4n) is 10.1. The molecular formula is C57H45NS. The Labute approximate surface area is 352 Å². The van der Waals surface area contributed by atoms with Crippen LogP contribution in [0.5, 0.6) is 0 Å². The number of hydrogen-bond acceptors (Lipinski definition) is 2. The SMILES string of the molecule is CC(C)(C)c1ccc(-c2ccc(N(c3ccccc3)c3cccc4c3C3(C5=CCCC=C54)c4ccccc4-c4sc(-c5ccccc5)c(-c5ccccc5)c43)cc2)cc1. The van der Waals surface area contributed by atoms with Gasteiger partial charge in [-0.05, 0) is 110 Å². The lowest BCUT2D eigenvalue weighted by Crippen LogP contribution is -2.29. The molecule has 2 heteroatoms. The molecule has 1 spiro atoms. The van der Waals surface area contributed by atoms with E-state index < -0.39 is 5.41 Å². The van der Waals surface area contributed by atoms with Crippen LogP contribution >= 0.6 is 11.3 Å². The van der Waals surface area contributed by atoms with E-state index >= 15 is 0 Å². The predicted molar refractivity (Wildman–Crippen MR) is 251 cm³/mol. The molecule has 7 aromatic carbocycles. The smallest absolute Gasteiger partial charge is 0.0757 e. The normalized spacial score (nSPS) is 16.2. The highest BCUT2D eigenvalue weighted by Gasteiger charge is 2.57. The Bertz CT molecular complexity index is 2930. The molecular weight excluding hydrogens is 731 g/mol. The molecule has 0 radical (unpaired) electrons. The van der Waals surface area contributed by atoms with Crippen LogP contribution in [0.2, 0.25) is 0 Å². The fraction of sp³-hybridized carbons (Fsp3) is 0.123. The van der Waals surface area contributed by atoms with Crippen molar-refractivity contribution in [3.05, 3.63) is 228 Å². The molecule has 3 aliphatic rings. The molecule has 0 aliphatic heterocycles. The number of para-hydroxylation sites is 1. The van der Waals surface area contributed by atoms with Crippen LogP contribution in [-0.4, -0.2) is 0 Å². The highest BCUT2D eigenvalue weighted by Crippen LogP contribution is 2.70. The van der Waals surface area contributed by atoms with E-state index in [1.807, 2.05) is 11.3 Å². The van der Waals surface area contributed by atoms with Crippen LogP contribution in [0.1, 0.15) is 61.4 Å². The Balaban J connectivity index is 1.20. The van der Waals surface area contributed by atoms with E-state index in [1.54, 1.807) is 0 Å². The molecule has 1 aromatic heterocycles.